The summed E-state index contributed by atoms with van der Waals surface area (Å²) in [5.74, 6) is 1.48. The van der Waals surface area contributed by atoms with Crippen LogP contribution in [0.4, 0.5) is 5.82 Å². The zero-order valence-electron chi connectivity index (χ0n) is 18.6. The highest BCUT2D eigenvalue weighted by Gasteiger charge is 2.22. The fraction of sp³-hybridized carbons (Fsp3) is 0.308. The number of halogens is 2. The predicted octanol–water partition coefficient (Wildman–Crippen LogP) is 6.49. The van der Waals surface area contributed by atoms with Gasteiger partial charge in [0.2, 0.25) is 0 Å². The summed E-state index contributed by atoms with van der Waals surface area (Å²) < 4.78 is 2.73. The minimum Gasteiger partial charge on any atom is -0.367 e. The van der Waals surface area contributed by atoms with Gasteiger partial charge < -0.3 is 10.2 Å². The van der Waals surface area contributed by atoms with E-state index in [1.165, 1.54) is 5.56 Å². The van der Waals surface area contributed by atoms with Crippen molar-refractivity contribution < 1.29 is 0 Å². The van der Waals surface area contributed by atoms with Crippen molar-refractivity contribution in [3.8, 4) is 11.3 Å². The van der Waals surface area contributed by atoms with E-state index in [1.807, 2.05) is 28.8 Å². The van der Waals surface area contributed by atoms with Crippen LogP contribution < -0.4 is 5.32 Å². The fourth-order valence-electron chi connectivity index (χ4n) is 4.59. The number of hydrogen-bond donors (Lipinski definition) is 1. The van der Waals surface area contributed by atoms with E-state index in [0.717, 1.165) is 59.7 Å². The number of aromatic nitrogens is 3. The first-order valence-corrected chi connectivity index (χ1v) is 12.6. The normalized spacial score (nSPS) is 16.2. The maximum Gasteiger partial charge on any atom is 0.172 e. The Balaban J connectivity index is 1.30. The Morgan fingerprint density at radius 2 is 1.82 bits per heavy atom. The second kappa shape index (κ2) is 9.84. The smallest absolute Gasteiger partial charge is 0.172 e. The molecular weight excluding hydrogens is 498 g/mol. The average molecular weight is 525 g/mol. The van der Waals surface area contributed by atoms with E-state index >= 15 is 0 Å². The third-order valence-electron chi connectivity index (χ3n) is 6.42. The molecule has 4 aromatic rings. The van der Waals surface area contributed by atoms with E-state index in [0.29, 0.717) is 17.0 Å². The van der Waals surface area contributed by atoms with Gasteiger partial charge in [0.1, 0.15) is 5.82 Å². The van der Waals surface area contributed by atoms with Crippen LogP contribution in [-0.2, 0) is 0 Å². The number of anilines is 1. The van der Waals surface area contributed by atoms with E-state index in [9.17, 15) is 0 Å². The quantitative estimate of drug-likeness (QED) is 0.313. The molecule has 0 aliphatic carbocycles. The molecule has 0 saturated carbocycles. The molecule has 5 rings (SSSR count). The summed E-state index contributed by atoms with van der Waals surface area (Å²) in [6, 6.07) is 21.1. The number of fused-ring (bicyclic) bond motifs is 1. The summed E-state index contributed by atoms with van der Waals surface area (Å²) in [6.07, 6.45) is 3.97. The predicted molar refractivity (Wildman–Crippen MR) is 139 cm³/mol. The van der Waals surface area contributed by atoms with E-state index in [4.69, 9.17) is 16.6 Å². The Hall–Kier alpha value is -2.41. The van der Waals surface area contributed by atoms with Crippen LogP contribution in [-0.4, -0.2) is 45.2 Å². The lowest BCUT2D eigenvalue weighted by Crippen LogP contribution is -2.40. The molecule has 1 aliphatic heterocycles. The van der Waals surface area contributed by atoms with Gasteiger partial charge in [0.15, 0.2) is 5.65 Å². The van der Waals surface area contributed by atoms with Crippen molar-refractivity contribution in [3.05, 3.63) is 81.9 Å². The summed E-state index contributed by atoms with van der Waals surface area (Å²) >= 11 is 10.1. The van der Waals surface area contributed by atoms with Crippen molar-refractivity contribution in [1.82, 2.24) is 19.5 Å². The van der Waals surface area contributed by atoms with Crippen LogP contribution in [0.2, 0.25) is 5.02 Å². The summed E-state index contributed by atoms with van der Waals surface area (Å²) in [5, 5.41) is 8.96. The molecule has 3 heterocycles. The van der Waals surface area contributed by atoms with Gasteiger partial charge in [-0.25, -0.2) is 4.98 Å². The molecule has 1 aliphatic rings. The Morgan fingerprint density at radius 3 is 2.58 bits per heavy atom. The molecule has 0 bridgehead atoms. The maximum absolute atomic E-state index is 6.47. The highest BCUT2D eigenvalue weighted by Crippen LogP contribution is 2.31. The van der Waals surface area contributed by atoms with Crippen molar-refractivity contribution in [2.45, 2.75) is 31.7 Å². The number of nitrogens with zero attached hydrogens (tertiary/aromatic N) is 4. The van der Waals surface area contributed by atoms with Gasteiger partial charge in [0.05, 0.1) is 16.4 Å². The number of benzene rings is 2. The topological polar surface area (TPSA) is 45.5 Å². The van der Waals surface area contributed by atoms with E-state index in [2.05, 4.69) is 74.6 Å². The van der Waals surface area contributed by atoms with Gasteiger partial charge in [0, 0.05) is 42.3 Å². The van der Waals surface area contributed by atoms with Crippen LogP contribution in [0, 0.1) is 0 Å². The van der Waals surface area contributed by atoms with Crippen molar-refractivity contribution in [2.75, 3.05) is 25.0 Å². The molecule has 7 heteroatoms. The largest absolute Gasteiger partial charge is 0.367 e. The zero-order valence-corrected chi connectivity index (χ0v) is 20.9. The summed E-state index contributed by atoms with van der Waals surface area (Å²) in [5.41, 5.74) is 3.95. The van der Waals surface area contributed by atoms with Crippen molar-refractivity contribution in [2.24, 2.45) is 0 Å². The molecule has 1 unspecified atom stereocenters. The molecule has 0 radical (unpaired) electrons. The summed E-state index contributed by atoms with van der Waals surface area (Å²) in [4.78, 5) is 7.40. The monoisotopic (exact) mass is 523 g/mol. The van der Waals surface area contributed by atoms with E-state index in [1.54, 1.807) is 6.20 Å². The van der Waals surface area contributed by atoms with Gasteiger partial charge >= 0.3 is 0 Å². The highest BCUT2D eigenvalue weighted by molar-refractivity contribution is 9.10. The number of piperidine rings is 1. The van der Waals surface area contributed by atoms with Crippen LogP contribution >= 0.6 is 27.5 Å². The van der Waals surface area contributed by atoms with E-state index in [-0.39, 0.29) is 0 Å². The summed E-state index contributed by atoms with van der Waals surface area (Å²) in [7, 11) is 0. The van der Waals surface area contributed by atoms with Crippen LogP contribution in [0.5, 0.6) is 0 Å². The van der Waals surface area contributed by atoms with Crippen LogP contribution in [0.25, 0.3) is 16.9 Å². The Kier molecular flexibility index (Phi) is 6.67. The van der Waals surface area contributed by atoms with Gasteiger partial charge in [0.25, 0.3) is 0 Å². The first-order valence-electron chi connectivity index (χ1n) is 11.4. The van der Waals surface area contributed by atoms with Crippen LogP contribution in [0.3, 0.4) is 0 Å². The standard InChI is InChI=1S/C26H27BrClN5/c1-18(19-7-3-2-4-8-19)17-32-13-11-20(12-14-32)30-25-15-24(21-9-5-6-10-23(21)28)31-26-22(27)16-29-33(25)26/h2-10,15-16,18,20,30H,11-14,17H2,1H3. The minimum atomic E-state index is 0.390. The molecule has 0 amide bonds. The van der Waals surface area contributed by atoms with Crippen LogP contribution in [0.1, 0.15) is 31.2 Å². The molecule has 1 atom stereocenters. The second-order valence-corrected chi connectivity index (χ2v) is 10.0. The molecular formula is C26H27BrClN5. The van der Waals surface area contributed by atoms with Gasteiger partial charge in [-0.3, -0.25) is 0 Å². The van der Waals surface area contributed by atoms with Gasteiger partial charge in [-0.05, 0) is 46.3 Å². The SMILES string of the molecule is CC(CN1CCC(Nc2cc(-c3ccccc3Cl)nc3c(Br)cnn23)CC1)c1ccccc1. The molecule has 1 saturated heterocycles. The lowest BCUT2D eigenvalue weighted by atomic mass is 9.98. The molecule has 2 aromatic carbocycles. The highest BCUT2D eigenvalue weighted by atomic mass is 79.9. The maximum atomic E-state index is 6.47. The van der Waals surface area contributed by atoms with Gasteiger partial charge in [-0.15, -0.1) is 0 Å². The molecule has 1 N–H and O–H groups in total. The number of rotatable bonds is 6. The molecule has 33 heavy (non-hydrogen) atoms. The number of nitrogens with one attached hydrogen (secondary N) is 1. The average Bonchev–Trinajstić information content (AvgIpc) is 3.22. The van der Waals surface area contributed by atoms with Crippen molar-refractivity contribution in [3.63, 3.8) is 0 Å². The minimum absolute atomic E-state index is 0.390. The molecule has 2 aromatic heterocycles. The number of hydrogen-bond acceptors (Lipinski definition) is 4. The lowest BCUT2D eigenvalue weighted by Gasteiger charge is -2.34. The van der Waals surface area contributed by atoms with Gasteiger partial charge in [-0.2, -0.15) is 9.61 Å². The van der Waals surface area contributed by atoms with E-state index < -0.39 is 0 Å². The fourth-order valence-corrected chi connectivity index (χ4v) is 5.17. The second-order valence-electron chi connectivity index (χ2n) is 8.77. The number of likely N-dealkylation sites (tertiary alicyclic amines) is 1. The van der Waals surface area contributed by atoms with Gasteiger partial charge in [-0.1, -0.05) is 67.1 Å². The van der Waals surface area contributed by atoms with Crippen molar-refractivity contribution in [1.29, 1.82) is 0 Å². The third-order valence-corrected chi connectivity index (χ3v) is 7.31. The first kappa shape index (κ1) is 22.4. The lowest BCUT2D eigenvalue weighted by molar-refractivity contribution is 0.209. The Morgan fingerprint density at radius 1 is 1.09 bits per heavy atom. The molecule has 0 spiro atoms. The Labute approximate surface area is 207 Å². The third kappa shape index (κ3) is 4.93. The molecule has 170 valence electrons. The summed E-state index contributed by atoms with van der Waals surface area (Å²) in [6.45, 7) is 5.59. The Bertz CT molecular complexity index is 1230. The molecule has 5 nitrogen and oxygen atoms in total. The zero-order chi connectivity index (χ0) is 22.8. The first-order chi connectivity index (χ1) is 16.1. The van der Waals surface area contributed by atoms with Crippen molar-refractivity contribution >= 4 is 39.0 Å². The van der Waals surface area contributed by atoms with Crippen LogP contribution in [0.15, 0.2) is 71.3 Å². The molecule has 1 fully saturated rings.